The van der Waals surface area contributed by atoms with Gasteiger partial charge in [0, 0.05) is 5.69 Å². The summed E-state index contributed by atoms with van der Waals surface area (Å²) in [7, 11) is -4.08. The molecule has 0 radical (unpaired) electrons. The van der Waals surface area contributed by atoms with E-state index in [-0.39, 0.29) is 10.6 Å². The number of carbonyl (C=O) groups is 1. The normalized spacial score (nSPS) is 11.4. The minimum Gasteiger partial charge on any atom is -0.324 e. The van der Waals surface area contributed by atoms with Crippen molar-refractivity contribution in [3.05, 3.63) is 70.8 Å². The molecule has 2 N–H and O–H groups in total. The molecule has 0 aliphatic rings. The van der Waals surface area contributed by atoms with Crippen LogP contribution in [0, 0.1) is 33.5 Å². The highest BCUT2D eigenvalue weighted by Crippen LogP contribution is 2.27. The van der Waals surface area contributed by atoms with E-state index in [4.69, 9.17) is 0 Å². The van der Waals surface area contributed by atoms with Gasteiger partial charge in [-0.05, 0) is 57.5 Å². The van der Waals surface area contributed by atoms with Crippen molar-refractivity contribution in [3.8, 4) is 0 Å². The van der Waals surface area contributed by atoms with Crippen LogP contribution in [0.3, 0.4) is 0 Å². The van der Waals surface area contributed by atoms with E-state index in [1.54, 1.807) is 51.1 Å². The van der Waals surface area contributed by atoms with Crippen LogP contribution in [0.5, 0.6) is 0 Å². The van der Waals surface area contributed by atoms with Crippen molar-refractivity contribution in [2.24, 2.45) is 0 Å². The van der Waals surface area contributed by atoms with Crippen LogP contribution < -0.4 is 9.62 Å². The Morgan fingerprint density at radius 1 is 1.10 bits per heavy atom. The van der Waals surface area contributed by atoms with E-state index in [0.717, 1.165) is 9.87 Å². The van der Waals surface area contributed by atoms with Gasteiger partial charge in [0.2, 0.25) is 5.91 Å². The minimum absolute atomic E-state index is 0.0252. The molecule has 30 heavy (non-hydrogen) atoms. The average molecular weight is 431 g/mol. The topological polar surface area (TPSA) is 95.2 Å². The lowest BCUT2D eigenvalue weighted by Crippen LogP contribution is -2.38. The third-order valence-electron chi connectivity index (χ3n) is 4.67. The number of aromatic amines is 1. The lowest BCUT2D eigenvalue weighted by atomic mass is 10.2. The Hall–Kier alpha value is -3.20. The largest absolute Gasteiger partial charge is 0.324 e. The highest BCUT2D eigenvalue weighted by atomic mass is 32.2. The van der Waals surface area contributed by atoms with Crippen molar-refractivity contribution in [2.45, 2.75) is 32.6 Å². The standard InChI is InChI=1S/C21H23FN4O3S/c1-13-5-9-18(10-6-13)26(30(28,29)21-15(3)24-25-16(21)4)12-20(27)23-17-8-7-14(2)19(22)11-17/h5-11H,12H2,1-4H3,(H,23,27)(H,24,25). The maximum absolute atomic E-state index is 13.8. The van der Waals surface area contributed by atoms with Gasteiger partial charge in [-0.3, -0.25) is 14.2 Å². The van der Waals surface area contributed by atoms with Gasteiger partial charge in [-0.2, -0.15) is 5.10 Å². The van der Waals surface area contributed by atoms with Crippen LogP contribution in [-0.2, 0) is 14.8 Å². The van der Waals surface area contributed by atoms with Gasteiger partial charge >= 0.3 is 0 Å². The van der Waals surface area contributed by atoms with Crippen molar-refractivity contribution in [2.75, 3.05) is 16.2 Å². The van der Waals surface area contributed by atoms with Gasteiger partial charge in [-0.1, -0.05) is 23.8 Å². The number of halogens is 1. The maximum atomic E-state index is 13.8. The second-order valence-corrected chi connectivity index (χ2v) is 8.92. The molecule has 3 aromatic rings. The number of rotatable bonds is 6. The van der Waals surface area contributed by atoms with Crippen LogP contribution in [0.2, 0.25) is 0 Å². The molecule has 1 amide bonds. The summed E-state index contributed by atoms with van der Waals surface area (Å²) in [6.07, 6.45) is 0. The fourth-order valence-electron chi connectivity index (χ4n) is 3.06. The summed E-state index contributed by atoms with van der Waals surface area (Å²) in [5, 5.41) is 9.19. The highest BCUT2D eigenvalue weighted by Gasteiger charge is 2.31. The van der Waals surface area contributed by atoms with Gasteiger partial charge in [0.15, 0.2) is 0 Å². The molecule has 7 nitrogen and oxygen atoms in total. The molecule has 0 spiro atoms. The van der Waals surface area contributed by atoms with E-state index >= 15 is 0 Å². The van der Waals surface area contributed by atoms with Gasteiger partial charge < -0.3 is 5.32 Å². The smallest absolute Gasteiger partial charge is 0.268 e. The molecule has 0 atom stereocenters. The average Bonchev–Trinajstić information content (AvgIpc) is 3.02. The summed E-state index contributed by atoms with van der Waals surface area (Å²) in [4.78, 5) is 12.7. The van der Waals surface area contributed by atoms with Crippen LogP contribution in [-0.4, -0.2) is 31.1 Å². The molecule has 9 heteroatoms. The molecule has 0 fully saturated rings. The van der Waals surface area contributed by atoms with Crippen molar-refractivity contribution in [1.82, 2.24) is 10.2 Å². The number of aryl methyl sites for hydroxylation is 4. The quantitative estimate of drug-likeness (QED) is 0.624. The Morgan fingerprint density at radius 3 is 2.33 bits per heavy atom. The predicted molar refractivity (Wildman–Crippen MR) is 114 cm³/mol. The second-order valence-electron chi connectivity index (χ2n) is 7.12. The zero-order chi connectivity index (χ0) is 22.1. The van der Waals surface area contributed by atoms with Gasteiger partial charge in [0.05, 0.1) is 17.1 Å². The van der Waals surface area contributed by atoms with Crippen LogP contribution in [0.15, 0.2) is 47.4 Å². The van der Waals surface area contributed by atoms with Crippen molar-refractivity contribution < 1.29 is 17.6 Å². The number of hydrogen-bond acceptors (Lipinski definition) is 4. The molecule has 0 aliphatic carbocycles. The number of nitrogens with zero attached hydrogens (tertiary/aromatic N) is 2. The van der Waals surface area contributed by atoms with Crippen LogP contribution in [0.25, 0.3) is 0 Å². The zero-order valence-corrected chi connectivity index (χ0v) is 18.0. The summed E-state index contributed by atoms with van der Waals surface area (Å²) < 4.78 is 41.7. The Morgan fingerprint density at radius 2 is 1.77 bits per heavy atom. The van der Waals surface area contributed by atoms with Crippen molar-refractivity contribution >= 4 is 27.3 Å². The first-order chi connectivity index (χ1) is 14.1. The first-order valence-electron chi connectivity index (χ1n) is 9.26. The van der Waals surface area contributed by atoms with Crippen LogP contribution in [0.4, 0.5) is 15.8 Å². The zero-order valence-electron chi connectivity index (χ0n) is 17.2. The highest BCUT2D eigenvalue weighted by molar-refractivity contribution is 7.93. The number of sulfonamides is 1. The Balaban J connectivity index is 1.96. The molecule has 0 aliphatic heterocycles. The number of H-pyrrole nitrogens is 1. The summed E-state index contributed by atoms with van der Waals surface area (Å²) in [5.74, 6) is -1.05. The molecule has 0 bridgehead atoms. The number of carbonyl (C=O) groups excluding carboxylic acids is 1. The molecule has 3 rings (SSSR count). The summed E-state index contributed by atoms with van der Waals surface area (Å²) in [5.41, 5.74) is 2.68. The van der Waals surface area contributed by atoms with Crippen molar-refractivity contribution in [1.29, 1.82) is 0 Å². The SMILES string of the molecule is Cc1ccc(N(CC(=O)Nc2ccc(C)c(F)c2)S(=O)(=O)c2c(C)n[nH]c2C)cc1. The van der Waals surface area contributed by atoms with Crippen LogP contribution in [0.1, 0.15) is 22.5 Å². The summed E-state index contributed by atoms with van der Waals surface area (Å²) in [6, 6.07) is 11.1. The molecule has 0 unspecified atom stereocenters. The first-order valence-corrected chi connectivity index (χ1v) is 10.7. The molecule has 1 aromatic heterocycles. The Labute approximate surface area is 175 Å². The number of amides is 1. The fraction of sp³-hybridized carbons (Fsp3) is 0.238. The van der Waals surface area contributed by atoms with E-state index < -0.39 is 28.3 Å². The molecule has 2 aromatic carbocycles. The van der Waals surface area contributed by atoms with E-state index in [2.05, 4.69) is 15.5 Å². The van der Waals surface area contributed by atoms with Gasteiger partial charge in [0.25, 0.3) is 10.0 Å². The van der Waals surface area contributed by atoms with Crippen LogP contribution >= 0.6 is 0 Å². The van der Waals surface area contributed by atoms with E-state index in [0.29, 0.717) is 22.6 Å². The molecular formula is C21H23FN4O3S. The number of benzene rings is 2. The summed E-state index contributed by atoms with van der Waals surface area (Å²) in [6.45, 7) is 6.20. The Bertz CT molecular complexity index is 1170. The van der Waals surface area contributed by atoms with Crippen molar-refractivity contribution in [3.63, 3.8) is 0 Å². The van der Waals surface area contributed by atoms with Gasteiger partial charge in [0.1, 0.15) is 17.3 Å². The number of nitrogens with one attached hydrogen (secondary N) is 2. The Kier molecular flexibility index (Phi) is 5.93. The maximum Gasteiger partial charge on any atom is 0.268 e. The minimum atomic E-state index is -4.08. The molecular weight excluding hydrogens is 407 g/mol. The fourth-order valence-corrected chi connectivity index (χ4v) is 4.82. The van der Waals surface area contributed by atoms with Gasteiger partial charge in [-0.25, -0.2) is 12.8 Å². The molecule has 0 saturated carbocycles. The number of hydrogen-bond donors (Lipinski definition) is 2. The number of aromatic nitrogens is 2. The third kappa shape index (κ3) is 4.35. The second kappa shape index (κ2) is 8.27. The van der Waals surface area contributed by atoms with E-state index in [9.17, 15) is 17.6 Å². The molecule has 1 heterocycles. The van der Waals surface area contributed by atoms with Gasteiger partial charge in [-0.15, -0.1) is 0 Å². The van der Waals surface area contributed by atoms with E-state index in [1.165, 1.54) is 12.1 Å². The molecule has 0 saturated heterocycles. The predicted octanol–water partition coefficient (Wildman–Crippen LogP) is 3.62. The monoisotopic (exact) mass is 430 g/mol. The number of anilines is 2. The molecule has 158 valence electrons. The van der Waals surface area contributed by atoms with E-state index in [1.807, 2.05) is 6.92 Å². The lowest BCUT2D eigenvalue weighted by Gasteiger charge is -2.24. The first kappa shape index (κ1) is 21.5. The lowest BCUT2D eigenvalue weighted by molar-refractivity contribution is -0.114. The summed E-state index contributed by atoms with van der Waals surface area (Å²) >= 11 is 0. The third-order valence-corrected chi connectivity index (χ3v) is 6.71.